The topological polar surface area (TPSA) is 49.3 Å². The zero-order chi connectivity index (χ0) is 15.3. The van der Waals surface area contributed by atoms with Crippen molar-refractivity contribution in [1.29, 1.82) is 0 Å². The van der Waals surface area contributed by atoms with Gasteiger partial charge in [-0.3, -0.25) is 4.79 Å². The summed E-state index contributed by atoms with van der Waals surface area (Å²) >= 11 is 0. The van der Waals surface area contributed by atoms with E-state index in [1.807, 2.05) is 0 Å². The average molecular weight is 289 g/mol. The van der Waals surface area contributed by atoms with E-state index in [1.54, 1.807) is 6.07 Å². The molecule has 112 valence electrons. The first-order valence-corrected chi connectivity index (χ1v) is 7.22. The second-order valence-corrected chi connectivity index (χ2v) is 5.85. The molecule has 1 fully saturated rings. The number of hydrogen-bond acceptors (Lipinski definition) is 2. The summed E-state index contributed by atoms with van der Waals surface area (Å²) in [6.45, 7) is 2.48. The van der Waals surface area contributed by atoms with Crippen molar-refractivity contribution in [3.8, 4) is 11.8 Å². The minimum Gasteiger partial charge on any atom is -0.384 e. The van der Waals surface area contributed by atoms with E-state index in [4.69, 9.17) is 5.11 Å². The first-order chi connectivity index (χ1) is 10.0. The van der Waals surface area contributed by atoms with E-state index in [1.165, 1.54) is 25.0 Å². The molecular formula is C17H20FNO2. The van der Waals surface area contributed by atoms with E-state index in [2.05, 4.69) is 24.1 Å². The maximum Gasteiger partial charge on any atom is 0.251 e. The van der Waals surface area contributed by atoms with Crippen molar-refractivity contribution in [2.75, 3.05) is 13.2 Å². The third kappa shape index (κ3) is 4.05. The lowest BCUT2D eigenvalue weighted by atomic mass is 9.89. The van der Waals surface area contributed by atoms with Gasteiger partial charge >= 0.3 is 0 Å². The lowest BCUT2D eigenvalue weighted by Crippen LogP contribution is -2.34. The Morgan fingerprint density at radius 2 is 2.14 bits per heavy atom. The molecule has 0 saturated heterocycles. The summed E-state index contributed by atoms with van der Waals surface area (Å²) in [5.74, 6) is 4.08. The normalized spacial score (nSPS) is 16.1. The van der Waals surface area contributed by atoms with Gasteiger partial charge in [0.05, 0.1) is 5.56 Å². The highest BCUT2D eigenvalue weighted by Crippen LogP contribution is 2.36. The number of benzene rings is 1. The monoisotopic (exact) mass is 289 g/mol. The molecule has 1 aromatic rings. The fourth-order valence-electron chi connectivity index (χ4n) is 2.69. The summed E-state index contributed by atoms with van der Waals surface area (Å²) in [6.07, 6.45) is 4.66. The number of nitrogens with one attached hydrogen (secondary N) is 1. The van der Waals surface area contributed by atoms with Crippen LogP contribution in [0.5, 0.6) is 0 Å². The molecule has 3 nitrogen and oxygen atoms in total. The van der Waals surface area contributed by atoms with Crippen molar-refractivity contribution in [3.63, 3.8) is 0 Å². The quantitative estimate of drug-likeness (QED) is 0.840. The molecule has 0 radical (unpaired) electrons. The van der Waals surface area contributed by atoms with Gasteiger partial charge in [-0.2, -0.15) is 0 Å². The van der Waals surface area contributed by atoms with E-state index in [-0.39, 0.29) is 23.5 Å². The van der Waals surface area contributed by atoms with Crippen molar-refractivity contribution in [1.82, 2.24) is 5.32 Å². The number of halogens is 1. The van der Waals surface area contributed by atoms with Crippen molar-refractivity contribution < 1.29 is 14.3 Å². The Morgan fingerprint density at radius 1 is 1.43 bits per heavy atom. The van der Waals surface area contributed by atoms with Crippen LogP contribution in [0, 0.1) is 23.1 Å². The van der Waals surface area contributed by atoms with Gasteiger partial charge in [0, 0.05) is 12.1 Å². The first-order valence-electron chi connectivity index (χ1n) is 7.22. The summed E-state index contributed by atoms with van der Waals surface area (Å²) in [6, 6.07) is 4.20. The molecule has 0 aliphatic heterocycles. The minimum atomic E-state index is -0.546. The molecule has 0 unspecified atom stereocenters. The van der Waals surface area contributed by atoms with Crippen molar-refractivity contribution in [2.45, 2.75) is 32.6 Å². The fourth-order valence-corrected chi connectivity index (χ4v) is 2.69. The molecule has 0 bridgehead atoms. The molecule has 1 aromatic carbocycles. The maximum absolute atomic E-state index is 13.8. The summed E-state index contributed by atoms with van der Waals surface area (Å²) in [7, 11) is 0. The third-order valence-corrected chi connectivity index (χ3v) is 4.02. The summed E-state index contributed by atoms with van der Waals surface area (Å²) < 4.78 is 13.8. The summed E-state index contributed by atoms with van der Waals surface area (Å²) in [5.41, 5.74) is 0.646. The molecule has 0 spiro atoms. The zero-order valence-corrected chi connectivity index (χ0v) is 12.2. The van der Waals surface area contributed by atoms with Crippen molar-refractivity contribution >= 4 is 5.91 Å². The van der Waals surface area contributed by atoms with Crippen LogP contribution in [0.1, 0.15) is 48.5 Å². The molecule has 1 aliphatic carbocycles. The molecule has 0 heterocycles. The van der Waals surface area contributed by atoms with E-state index in [9.17, 15) is 9.18 Å². The van der Waals surface area contributed by atoms with E-state index in [0.29, 0.717) is 12.1 Å². The van der Waals surface area contributed by atoms with Gasteiger partial charge < -0.3 is 10.4 Å². The predicted molar refractivity (Wildman–Crippen MR) is 79.3 cm³/mol. The smallest absolute Gasteiger partial charge is 0.251 e. The molecule has 21 heavy (non-hydrogen) atoms. The first kappa shape index (κ1) is 15.5. The van der Waals surface area contributed by atoms with Crippen LogP contribution in [-0.4, -0.2) is 24.2 Å². The van der Waals surface area contributed by atoms with Crippen molar-refractivity contribution in [3.05, 3.63) is 35.1 Å². The molecule has 1 saturated carbocycles. The van der Waals surface area contributed by atoms with Crippen LogP contribution in [-0.2, 0) is 0 Å². The van der Waals surface area contributed by atoms with Crippen LogP contribution in [0.25, 0.3) is 0 Å². The van der Waals surface area contributed by atoms with E-state index in [0.717, 1.165) is 12.8 Å². The van der Waals surface area contributed by atoms with Gasteiger partial charge in [-0.15, -0.1) is 0 Å². The average Bonchev–Trinajstić information content (AvgIpc) is 2.91. The Balaban J connectivity index is 2.01. The molecule has 1 amide bonds. The molecule has 0 aromatic heterocycles. The zero-order valence-electron chi connectivity index (χ0n) is 12.2. The molecule has 2 N–H and O–H groups in total. The molecular weight excluding hydrogens is 269 g/mol. The van der Waals surface area contributed by atoms with Crippen molar-refractivity contribution in [2.24, 2.45) is 5.41 Å². The lowest BCUT2D eigenvalue weighted by molar-refractivity contribution is 0.0934. The Kier molecular flexibility index (Phi) is 4.98. The minimum absolute atomic E-state index is 0.167. The second kappa shape index (κ2) is 6.73. The number of carbonyl (C=O) groups excluding carboxylic acids is 1. The SMILES string of the molecule is CC1(CNC(=O)c2ccc(C#CCO)c(F)c2)CCCC1. The van der Waals surface area contributed by atoms with Crippen LogP contribution in [0.15, 0.2) is 18.2 Å². The largest absolute Gasteiger partial charge is 0.384 e. The number of aliphatic hydroxyl groups excluding tert-OH is 1. The third-order valence-electron chi connectivity index (χ3n) is 4.02. The second-order valence-electron chi connectivity index (χ2n) is 5.85. The maximum atomic E-state index is 13.8. The van der Waals surface area contributed by atoms with Crippen LogP contribution in [0.2, 0.25) is 0 Å². The highest BCUT2D eigenvalue weighted by atomic mass is 19.1. The highest BCUT2D eigenvalue weighted by Gasteiger charge is 2.28. The predicted octanol–water partition coefficient (Wildman–Crippen LogP) is 2.48. The van der Waals surface area contributed by atoms with Gasteiger partial charge in [0.1, 0.15) is 12.4 Å². The van der Waals surface area contributed by atoms with Gasteiger partial charge in [-0.05, 0) is 36.5 Å². The Bertz CT molecular complexity index is 580. The number of rotatable bonds is 3. The van der Waals surface area contributed by atoms with Crippen LogP contribution in [0.3, 0.4) is 0 Å². The van der Waals surface area contributed by atoms with Gasteiger partial charge in [0.25, 0.3) is 5.91 Å². The summed E-state index contributed by atoms with van der Waals surface area (Å²) in [4.78, 5) is 12.1. The van der Waals surface area contributed by atoms with E-state index >= 15 is 0 Å². The van der Waals surface area contributed by atoms with Gasteiger partial charge in [0.15, 0.2) is 0 Å². The van der Waals surface area contributed by atoms with Crippen LogP contribution < -0.4 is 5.32 Å². The highest BCUT2D eigenvalue weighted by molar-refractivity contribution is 5.94. The van der Waals surface area contributed by atoms with E-state index < -0.39 is 5.82 Å². The van der Waals surface area contributed by atoms with Gasteiger partial charge in [-0.25, -0.2) is 4.39 Å². The molecule has 2 rings (SSSR count). The number of hydrogen-bond donors (Lipinski definition) is 2. The number of carbonyl (C=O) groups is 1. The fraction of sp³-hybridized carbons (Fsp3) is 0.471. The van der Waals surface area contributed by atoms with Gasteiger partial charge in [-0.1, -0.05) is 31.6 Å². The molecule has 0 atom stereocenters. The lowest BCUT2D eigenvalue weighted by Gasteiger charge is -2.23. The standard InChI is InChI=1S/C17H20FNO2/c1-17(8-2-3-9-17)12-19-16(21)14-7-6-13(5-4-10-20)15(18)11-14/h6-7,11,20H,2-3,8-10,12H2,1H3,(H,19,21). The molecule has 1 aliphatic rings. The Morgan fingerprint density at radius 3 is 2.76 bits per heavy atom. The van der Waals surface area contributed by atoms with Crippen LogP contribution in [0.4, 0.5) is 4.39 Å². The number of aliphatic hydroxyl groups is 1. The summed E-state index contributed by atoms with van der Waals surface area (Å²) in [5, 5.41) is 11.5. The van der Waals surface area contributed by atoms with Crippen LogP contribution >= 0.6 is 0 Å². The Labute approximate surface area is 124 Å². The Hall–Kier alpha value is -1.86. The molecule has 4 heteroatoms. The van der Waals surface area contributed by atoms with Gasteiger partial charge in [0.2, 0.25) is 0 Å². The number of amides is 1.